The average Bonchev–Trinajstić information content (AvgIpc) is 3.13. The molecule has 0 fully saturated rings. The van der Waals surface area contributed by atoms with Gasteiger partial charge in [0.05, 0.1) is 5.75 Å². The van der Waals surface area contributed by atoms with Crippen LogP contribution in [-0.4, -0.2) is 28.4 Å². The van der Waals surface area contributed by atoms with Crippen LogP contribution in [0, 0.1) is 19.7 Å². The molecule has 3 rings (SSSR count). The third-order valence-corrected chi connectivity index (χ3v) is 4.98. The van der Waals surface area contributed by atoms with Gasteiger partial charge in [-0.1, -0.05) is 36.0 Å². The molecular weight excluding hydrogens is 365 g/mol. The van der Waals surface area contributed by atoms with E-state index in [0.717, 1.165) is 11.1 Å². The highest BCUT2D eigenvalue weighted by molar-refractivity contribution is 7.99. The number of amides is 1. The summed E-state index contributed by atoms with van der Waals surface area (Å²) in [6.45, 7) is 4.44. The van der Waals surface area contributed by atoms with E-state index in [-0.39, 0.29) is 17.5 Å². The van der Waals surface area contributed by atoms with Crippen molar-refractivity contribution in [2.45, 2.75) is 25.5 Å². The van der Waals surface area contributed by atoms with Crippen molar-refractivity contribution >= 4 is 17.7 Å². The number of nitrogens with zero attached hydrogens (tertiary/aromatic N) is 2. The smallest absolute Gasteiger partial charge is 0.277 e. The third-order valence-electron chi connectivity index (χ3n) is 4.16. The van der Waals surface area contributed by atoms with E-state index < -0.39 is 0 Å². The number of nitrogens with one attached hydrogen (secondary N) is 1. The van der Waals surface area contributed by atoms with Gasteiger partial charge in [0.15, 0.2) is 0 Å². The summed E-state index contributed by atoms with van der Waals surface area (Å²) >= 11 is 1.17. The molecule has 27 heavy (non-hydrogen) atoms. The summed E-state index contributed by atoms with van der Waals surface area (Å²) in [6, 6.07) is 12.5. The van der Waals surface area contributed by atoms with Crippen LogP contribution in [-0.2, 0) is 11.2 Å². The van der Waals surface area contributed by atoms with Crippen molar-refractivity contribution in [3.05, 3.63) is 65.0 Å². The van der Waals surface area contributed by atoms with Crippen LogP contribution in [0.1, 0.15) is 16.7 Å². The zero-order valence-electron chi connectivity index (χ0n) is 15.2. The fourth-order valence-corrected chi connectivity index (χ4v) is 3.07. The van der Waals surface area contributed by atoms with Crippen molar-refractivity contribution in [2.24, 2.45) is 0 Å². The first-order chi connectivity index (χ1) is 13.0. The van der Waals surface area contributed by atoms with Crippen LogP contribution in [0.3, 0.4) is 0 Å². The Morgan fingerprint density at radius 1 is 1.15 bits per heavy atom. The maximum Gasteiger partial charge on any atom is 0.277 e. The number of thioether (sulfide) groups is 1. The third kappa shape index (κ3) is 5.17. The SMILES string of the molecule is Cc1ccc(-c2nnc(SCC(=O)NCCc3ccccc3F)o2)cc1C. The highest BCUT2D eigenvalue weighted by Gasteiger charge is 2.12. The fourth-order valence-electron chi connectivity index (χ4n) is 2.48. The number of rotatable bonds is 7. The number of hydrogen-bond donors (Lipinski definition) is 1. The molecule has 0 bridgehead atoms. The summed E-state index contributed by atoms with van der Waals surface area (Å²) in [6.07, 6.45) is 0.445. The second-order valence-electron chi connectivity index (χ2n) is 6.15. The molecule has 0 spiro atoms. The molecule has 0 saturated heterocycles. The lowest BCUT2D eigenvalue weighted by Gasteiger charge is -2.05. The fraction of sp³-hybridized carbons (Fsp3) is 0.250. The molecule has 0 saturated carbocycles. The Balaban J connectivity index is 1.47. The van der Waals surface area contributed by atoms with Crippen molar-refractivity contribution in [3.63, 3.8) is 0 Å². The molecule has 0 radical (unpaired) electrons. The van der Waals surface area contributed by atoms with Gasteiger partial charge in [-0.3, -0.25) is 4.79 Å². The lowest BCUT2D eigenvalue weighted by molar-refractivity contribution is -0.118. The van der Waals surface area contributed by atoms with Gasteiger partial charge in [0.1, 0.15) is 5.82 Å². The van der Waals surface area contributed by atoms with E-state index in [1.54, 1.807) is 18.2 Å². The minimum absolute atomic E-state index is 0.159. The molecule has 0 aliphatic heterocycles. The van der Waals surface area contributed by atoms with E-state index in [0.29, 0.717) is 29.6 Å². The topological polar surface area (TPSA) is 68.0 Å². The second kappa shape index (κ2) is 8.81. The van der Waals surface area contributed by atoms with Crippen molar-refractivity contribution in [1.82, 2.24) is 15.5 Å². The van der Waals surface area contributed by atoms with Crippen LogP contribution in [0.25, 0.3) is 11.5 Å². The lowest BCUT2D eigenvalue weighted by Crippen LogP contribution is -2.27. The van der Waals surface area contributed by atoms with Crippen molar-refractivity contribution < 1.29 is 13.6 Å². The minimum atomic E-state index is -0.258. The van der Waals surface area contributed by atoms with Gasteiger partial charge in [0, 0.05) is 12.1 Å². The van der Waals surface area contributed by atoms with E-state index in [1.807, 2.05) is 32.0 Å². The minimum Gasteiger partial charge on any atom is -0.411 e. The average molecular weight is 385 g/mol. The molecule has 3 aromatic rings. The van der Waals surface area contributed by atoms with Crippen LogP contribution in [0.2, 0.25) is 0 Å². The summed E-state index contributed by atoms with van der Waals surface area (Å²) in [4.78, 5) is 11.9. The maximum atomic E-state index is 13.5. The summed E-state index contributed by atoms with van der Waals surface area (Å²) < 4.78 is 19.1. The Morgan fingerprint density at radius 3 is 2.74 bits per heavy atom. The molecule has 1 amide bonds. The zero-order valence-corrected chi connectivity index (χ0v) is 16.0. The van der Waals surface area contributed by atoms with Crippen LogP contribution in [0.4, 0.5) is 4.39 Å². The Hall–Kier alpha value is -2.67. The zero-order chi connectivity index (χ0) is 19.2. The quantitative estimate of drug-likeness (QED) is 0.624. The van der Waals surface area contributed by atoms with Crippen molar-refractivity contribution in [3.8, 4) is 11.5 Å². The molecular formula is C20H20FN3O2S. The first-order valence-electron chi connectivity index (χ1n) is 8.57. The highest BCUT2D eigenvalue weighted by Crippen LogP contribution is 2.24. The van der Waals surface area contributed by atoms with Gasteiger partial charge in [-0.2, -0.15) is 0 Å². The molecule has 0 aliphatic rings. The molecule has 1 heterocycles. The summed E-state index contributed by atoms with van der Waals surface area (Å²) in [5.41, 5.74) is 3.78. The first kappa shape index (κ1) is 19.1. The van der Waals surface area contributed by atoms with E-state index in [9.17, 15) is 9.18 Å². The lowest BCUT2D eigenvalue weighted by atomic mass is 10.1. The number of aromatic nitrogens is 2. The van der Waals surface area contributed by atoms with E-state index >= 15 is 0 Å². The van der Waals surface area contributed by atoms with E-state index in [2.05, 4.69) is 15.5 Å². The van der Waals surface area contributed by atoms with Crippen molar-refractivity contribution in [2.75, 3.05) is 12.3 Å². The second-order valence-corrected chi connectivity index (χ2v) is 7.08. The number of carbonyl (C=O) groups excluding carboxylic acids is 1. The van der Waals surface area contributed by atoms with Crippen LogP contribution < -0.4 is 5.32 Å². The summed E-state index contributed by atoms with van der Waals surface area (Å²) in [5, 5.41) is 11.1. The Morgan fingerprint density at radius 2 is 1.96 bits per heavy atom. The predicted molar refractivity (Wildman–Crippen MR) is 103 cm³/mol. The molecule has 7 heteroatoms. The molecule has 5 nitrogen and oxygen atoms in total. The van der Waals surface area contributed by atoms with Gasteiger partial charge < -0.3 is 9.73 Å². The number of halogens is 1. The van der Waals surface area contributed by atoms with Crippen LogP contribution >= 0.6 is 11.8 Å². The largest absolute Gasteiger partial charge is 0.411 e. The number of carbonyl (C=O) groups is 1. The normalized spacial score (nSPS) is 10.8. The van der Waals surface area contributed by atoms with E-state index in [4.69, 9.17) is 4.42 Å². The van der Waals surface area contributed by atoms with Gasteiger partial charge in [-0.05, 0) is 55.2 Å². The molecule has 2 aromatic carbocycles. The first-order valence-corrected chi connectivity index (χ1v) is 9.55. The monoisotopic (exact) mass is 385 g/mol. The molecule has 1 aromatic heterocycles. The predicted octanol–water partition coefficient (Wildman–Crippen LogP) is 3.94. The van der Waals surface area contributed by atoms with Gasteiger partial charge in [-0.25, -0.2) is 4.39 Å². The van der Waals surface area contributed by atoms with Crippen LogP contribution in [0.15, 0.2) is 52.1 Å². The van der Waals surface area contributed by atoms with Crippen LogP contribution in [0.5, 0.6) is 0 Å². The standard InChI is InChI=1S/C20H20FN3O2S/c1-13-7-8-16(11-14(13)2)19-23-24-20(26-19)27-12-18(25)22-10-9-15-5-3-4-6-17(15)21/h3-8,11H,9-10,12H2,1-2H3,(H,22,25). The number of hydrogen-bond acceptors (Lipinski definition) is 5. The number of benzene rings is 2. The van der Waals surface area contributed by atoms with Gasteiger partial charge in [0.2, 0.25) is 11.8 Å². The Kier molecular flexibility index (Phi) is 6.24. The van der Waals surface area contributed by atoms with E-state index in [1.165, 1.54) is 23.4 Å². The van der Waals surface area contributed by atoms with Gasteiger partial charge >= 0.3 is 0 Å². The summed E-state index contributed by atoms with van der Waals surface area (Å²) in [7, 11) is 0. The maximum absolute atomic E-state index is 13.5. The highest BCUT2D eigenvalue weighted by atomic mass is 32.2. The van der Waals surface area contributed by atoms with Gasteiger partial charge in [0.25, 0.3) is 5.22 Å². The Labute approximate surface area is 161 Å². The molecule has 0 aliphatic carbocycles. The Bertz CT molecular complexity index is 942. The molecule has 0 atom stereocenters. The molecule has 140 valence electrons. The summed E-state index contributed by atoms with van der Waals surface area (Å²) in [5.74, 6) is 0.167. The number of aryl methyl sites for hydroxylation is 2. The van der Waals surface area contributed by atoms with Gasteiger partial charge in [-0.15, -0.1) is 10.2 Å². The molecule has 1 N–H and O–H groups in total. The molecule has 0 unspecified atom stereocenters. The van der Waals surface area contributed by atoms with Crippen molar-refractivity contribution in [1.29, 1.82) is 0 Å².